The van der Waals surface area contributed by atoms with Gasteiger partial charge in [0.05, 0.1) is 4.91 Å². The molecule has 0 saturated heterocycles. The van der Waals surface area contributed by atoms with Crippen molar-refractivity contribution in [3.63, 3.8) is 0 Å². The highest BCUT2D eigenvalue weighted by Gasteiger charge is 2.11. The first-order valence-electron chi connectivity index (χ1n) is 3.69. The quantitative estimate of drug-likeness (QED) is 0.690. The highest BCUT2D eigenvalue weighted by molar-refractivity contribution is 7.89. The molecule has 0 aromatic rings. The zero-order chi connectivity index (χ0) is 9.90. The first-order chi connectivity index (χ1) is 6.00. The van der Waals surface area contributed by atoms with Gasteiger partial charge in [-0.3, -0.25) is 4.55 Å². The average molecular weight is 221 g/mol. The summed E-state index contributed by atoms with van der Waals surface area (Å²) in [5.74, 6) is 0. The van der Waals surface area contributed by atoms with Crippen LogP contribution in [0.2, 0.25) is 0 Å². The molecule has 0 fully saturated rings. The van der Waals surface area contributed by atoms with Gasteiger partial charge in [-0.15, -0.1) is 0 Å². The van der Waals surface area contributed by atoms with E-state index in [0.717, 1.165) is 0 Å². The third kappa shape index (κ3) is 3.34. The van der Waals surface area contributed by atoms with Crippen molar-refractivity contribution in [1.82, 2.24) is 0 Å². The molecule has 1 aliphatic rings. The van der Waals surface area contributed by atoms with Crippen molar-refractivity contribution in [1.29, 1.82) is 0 Å². The molecule has 72 valence electrons. The van der Waals surface area contributed by atoms with Crippen LogP contribution in [0.3, 0.4) is 0 Å². The first kappa shape index (κ1) is 10.5. The number of rotatable bonds is 1. The van der Waals surface area contributed by atoms with Gasteiger partial charge in [-0.2, -0.15) is 8.42 Å². The average Bonchev–Trinajstić information content (AvgIpc) is 1.93. The van der Waals surface area contributed by atoms with Crippen LogP contribution < -0.4 is 0 Å². The molecule has 5 heteroatoms. The van der Waals surface area contributed by atoms with E-state index in [4.69, 9.17) is 16.2 Å². The van der Waals surface area contributed by atoms with Crippen LogP contribution in [0.25, 0.3) is 0 Å². The first-order valence-corrected chi connectivity index (χ1v) is 5.50. The lowest BCUT2D eigenvalue weighted by molar-refractivity contribution is 0.490. The second-order valence-electron chi connectivity index (χ2n) is 2.58. The molecular formula is C8H9ClO3S. The van der Waals surface area contributed by atoms with E-state index in [9.17, 15) is 8.42 Å². The predicted octanol–water partition coefficient (Wildman–Crippen LogP) is 2.23. The van der Waals surface area contributed by atoms with E-state index in [1.54, 1.807) is 18.2 Å². The van der Waals surface area contributed by atoms with Crippen LogP contribution in [-0.4, -0.2) is 13.0 Å². The van der Waals surface area contributed by atoms with Gasteiger partial charge in [-0.25, -0.2) is 0 Å². The second-order valence-corrected chi connectivity index (χ2v) is 4.49. The van der Waals surface area contributed by atoms with Crippen molar-refractivity contribution in [3.8, 4) is 0 Å². The lowest BCUT2D eigenvalue weighted by Gasteiger charge is -2.02. The lowest BCUT2D eigenvalue weighted by Crippen LogP contribution is -2.01. The van der Waals surface area contributed by atoms with Crippen molar-refractivity contribution in [2.24, 2.45) is 0 Å². The molecule has 0 bridgehead atoms. The minimum Gasteiger partial charge on any atom is -0.282 e. The molecule has 0 heterocycles. The molecule has 0 saturated carbocycles. The molecule has 0 atom stereocenters. The minimum absolute atomic E-state index is 0.0177. The summed E-state index contributed by atoms with van der Waals surface area (Å²) in [7, 11) is -4.05. The third-order valence-corrected chi connectivity index (χ3v) is 2.86. The molecule has 1 aliphatic carbocycles. The Morgan fingerprint density at radius 3 is 2.69 bits per heavy atom. The molecule has 3 nitrogen and oxygen atoms in total. The van der Waals surface area contributed by atoms with E-state index in [1.807, 2.05) is 0 Å². The van der Waals surface area contributed by atoms with E-state index in [1.165, 1.54) is 6.08 Å². The molecule has 1 rings (SSSR count). The molecule has 0 radical (unpaired) electrons. The van der Waals surface area contributed by atoms with Gasteiger partial charge >= 0.3 is 0 Å². The van der Waals surface area contributed by atoms with E-state index in [2.05, 4.69) is 0 Å². The predicted molar refractivity (Wildman–Crippen MR) is 51.9 cm³/mol. The van der Waals surface area contributed by atoms with Crippen LogP contribution in [0.1, 0.15) is 12.8 Å². The van der Waals surface area contributed by atoms with Crippen molar-refractivity contribution >= 4 is 21.7 Å². The van der Waals surface area contributed by atoms with Crippen LogP contribution in [0, 0.1) is 0 Å². The van der Waals surface area contributed by atoms with Gasteiger partial charge in [-0.05, 0) is 12.5 Å². The summed E-state index contributed by atoms with van der Waals surface area (Å²) in [6.07, 6.45) is 6.92. The number of hydrogen-bond acceptors (Lipinski definition) is 2. The van der Waals surface area contributed by atoms with Crippen LogP contribution in [-0.2, 0) is 10.1 Å². The Morgan fingerprint density at radius 1 is 1.38 bits per heavy atom. The molecule has 0 aromatic carbocycles. The Kier molecular flexibility index (Phi) is 3.30. The molecule has 0 aliphatic heterocycles. The van der Waals surface area contributed by atoms with Gasteiger partial charge in [0.2, 0.25) is 0 Å². The smallest absolute Gasteiger partial charge is 0.282 e. The third-order valence-electron chi connectivity index (χ3n) is 1.59. The summed E-state index contributed by atoms with van der Waals surface area (Å²) in [4.78, 5) is 0.0177. The molecule has 0 spiro atoms. The SMILES string of the molecule is O=S(=O)(O)/C1=C/CC=C(Cl)/C=C\C1. The standard InChI is InChI=1S/C8H9ClO3S/c9-7-3-1-5-8(6-2-4-7)13(10,11)12/h1,3-4,6H,2,5H2,(H,10,11,12)/b3-1-,7-4?,8-6+. The van der Waals surface area contributed by atoms with Crippen molar-refractivity contribution in [2.75, 3.05) is 0 Å². The Balaban J connectivity index is 2.94. The van der Waals surface area contributed by atoms with Gasteiger partial charge in [0.25, 0.3) is 10.1 Å². The Labute approximate surface area is 82.2 Å². The fourth-order valence-corrected chi connectivity index (χ4v) is 1.74. The van der Waals surface area contributed by atoms with Gasteiger partial charge in [0, 0.05) is 11.5 Å². The molecule has 0 unspecified atom stereocenters. The normalized spacial score (nSPS) is 25.1. The van der Waals surface area contributed by atoms with E-state index < -0.39 is 10.1 Å². The monoisotopic (exact) mass is 220 g/mol. The lowest BCUT2D eigenvalue weighted by atomic mass is 10.2. The van der Waals surface area contributed by atoms with Gasteiger partial charge in [0.1, 0.15) is 0 Å². The largest absolute Gasteiger partial charge is 0.290 e. The summed E-state index contributed by atoms with van der Waals surface area (Å²) in [5, 5.41) is 0.575. The van der Waals surface area contributed by atoms with Gasteiger partial charge < -0.3 is 0 Å². The molecule has 13 heavy (non-hydrogen) atoms. The fraction of sp³-hybridized carbons (Fsp3) is 0.250. The highest BCUT2D eigenvalue weighted by Crippen LogP contribution is 2.17. The molecular weight excluding hydrogens is 212 g/mol. The van der Waals surface area contributed by atoms with Crippen LogP contribution in [0.4, 0.5) is 0 Å². The van der Waals surface area contributed by atoms with Crippen molar-refractivity contribution in [2.45, 2.75) is 12.8 Å². The van der Waals surface area contributed by atoms with Gasteiger partial charge in [-0.1, -0.05) is 29.8 Å². The zero-order valence-corrected chi connectivity index (χ0v) is 8.35. The topological polar surface area (TPSA) is 54.4 Å². The Morgan fingerprint density at radius 2 is 2.08 bits per heavy atom. The summed E-state index contributed by atoms with van der Waals surface area (Å²) >= 11 is 5.69. The summed E-state index contributed by atoms with van der Waals surface area (Å²) in [6, 6.07) is 0. The zero-order valence-electron chi connectivity index (χ0n) is 6.77. The number of halogens is 1. The highest BCUT2D eigenvalue weighted by atomic mass is 35.5. The second kappa shape index (κ2) is 4.09. The maximum Gasteiger partial charge on any atom is 0.290 e. The molecule has 0 amide bonds. The maximum atomic E-state index is 10.7. The molecule has 1 N–H and O–H groups in total. The van der Waals surface area contributed by atoms with Crippen LogP contribution >= 0.6 is 11.6 Å². The Bertz CT molecular complexity index is 376. The Hall–Kier alpha value is -0.580. The van der Waals surface area contributed by atoms with Crippen molar-refractivity contribution in [3.05, 3.63) is 34.2 Å². The van der Waals surface area contributed by atoms with Crippen LogP contribution in [0.5, 0.6) is 0 Å². The van der Waals surface area contributed by atoms with E-state index in [-0.39, 0.29) is 11.3 Å². The fourth-order valence-electron chi connectivity index (χ4n) is 0.953. The summed E-state index contributed by atoms with van der Waals surface area (Å²) < 4.78 is 30.2. The molecule has 0 aromatic heterocycles. The maximum absolute atomic E-state index is 10.7. The minimum atomic E-state index is -4.05. The summed E-state index contributed by atoms with van der Waals surface area (Å²) in [5.41, 5.74) is 0. The number of hydrogen-bond donors (Lipinski definition) is 1. The van der Waals surface area contributed by atoms with Gasteiger partial charge in [0.15, 0.2) is 0 Å². The van der Waals surface area contributed by atoms with E-state index >= 15 is 0 Å². The summed E-state index contributed by atoms with van der Waals surface area (Å²) in [6.45, 7) is 0. The van der Waals surface area contributed by atoms with Crippen LogP contribution in [0.15, 0.2) is 34.2 Å². The van der Waals surface area contributed by atoms with E-state index in [0.29, 0.717) is 11.5 Å². The number of allylic oxidation sites excluding steroid dienone is 6. The van der Waals surface area contributed by atoms with Crippen molar-refractivity contribution < 1.29 is 13.0 Å².